The van der Waals surface area contributed by atoms with Crippen LogP contribution >= 0.6 is 23.5 Å². The van der Waals surface area contributed by atoms with Crippen LogP contribution in [0.5, 0.6) is 0 Å². The maximum atomic E-state index is 6.20. The van der Waals surface area contributed by atoms with Crippen molar-refractivity contribution in [3.05, 3.63) is 70.6 Å². The molecule has 7 heteroatoms. The summed E-state index contributed by atoms with van der Waals surface area (Å²) in [5, 5.41) is 4.17. The first-order valence-electron chi connectivity index (χ1n) is 10.6. The second-order valence-corrected chi connectivity index (χ2v) is 8.91. The lowest BCUT2D eigenvalue weighted by Crippen LogP contribution is -2.23. The Morgan fingerprint density at radius 2 is 1.77 bits per heavy atom. The van der Waals surface area contributed by atoms with E-state index in [9.17, 15) is 0 Å². The lowest BCUT2D eigenvalue weighted by atomic mass is 9.96. The van der Waals surface area contributed by atoms with Crippen molar-refractivity contribution in [3.63, 3.8) is 0 Å². The summed E-state index contributed by atoms with van der Waals surface area (Å²) in [6, 6.07) is 12.3. The monoisotopic (exact) mass is 451 g/mol. The summed E-state index contributed by atoms with van der Waals surface area (Å²) in [5.74, 6) is 1.51. The highest BCUT2D eigenvalue weighted by atomic mass is 35.5. The number of nitrogens with one attached hydrogen (secondary N) is 2. The smallest absolute Gasteiger partial charge is 0.222 e. The molecule has 2 N–H and O–H groups in total. The van der Waals surface area contributed by atoms with Crippen molar-refractivity contribution in [3.8, 4) is 0 Å². The highest BCUT2D eigenvalue weighted by Gasteiger charge is 2.13. The Morgan fingerprint density at radius 3 is 2.52 bits per heavy atom. The minimum absolute atomic E-state index is 0.507. The number of pyridine rings is 1. The number of rotatable bonds is 7. The summed E-state index contributed by atoms with van der Waals surface area (Å²) in [5.41, 5.74) is 2.96. The molecule has 0 saturated heterocycles. The molecule has 0 aliphatic heterocycles. The predicted octanol–water partition coefficient (Wildman–Crippen LogP) is 6.87. The number of nitrogens with zero attached hydrogens (tertiary/aromatic N) is 3. The van der Waals surface area contributed by atoms with E-state index in [0.717, 1.165) is 32.6 Å². The number of hydrogen-bond donors (Lipinski definition) is 2. The molecular formula is C24H26ClN5S. The zero-order valence-corrected chi connectivity index (χ0v) is 19.1. The van der Waals surface area contributed by atoms with E-state index in [1.807, 2.05) is 67.9 Å². The molecule has 1 aromatic carbocycles. The fourth-order valence-corrected chi connectivity index (χ4v) is 4.45. The predicted molar refractivity (Wildman–Crippen MR) is 131 cm³/mol. The first kappa shape index (κ1) is 21.7. The number of aryl methyl sites for hydroxylation is 1. The molecule has 0 spiro atoms. The van der Waals surface area contributed by atoms with Gasteiger partial charge in [-0.25, -0.2) is 15.0 Å². The minimum atomic E-state index is 0.507. The van der Waals surface area contributed by atoms with E-state index >= 15 is 0 Å². The molecule has 1 aliphatic rings. The molecule has 160 valence electrons. The van der Waals surface area contributed by atoms with Gasteiger partial charge in [-0.1, -0.05) is 55.1 Å². The van der Waals surface area contributed by atoms with Crippen molar-refractivity contribution in [1.82, 2.24) is 15.0 Å². The van der Waals surface area contributed by atoms with Gasteiger partial charge >= 0.3 is 0 Å². The van der Waals surface area contributed by atoms with Gasteiger partial charge in [0.15, 0.2) is 0 Å². The van der Waals surface area contributed by atoms with Crippen LogP contribution in [-0.2, 0) is 0 Å². The number of aromatic nitrogens is 3. The maximum absolute atomic E-state index is 6.20. The Balaban J connectivity index is 1.34. The van der Waals surface area contributed by atoms with Gasteiger partial charge < -0.3 is 10.0 Å². The Kier molecular flexibility index (Phi) is 7.43. The van der Waals surface area contributed by atoms with E-state index in [-0.39, 0.29) is 0 Å². The first-order chi connectivity index (χ1) is 15.2. The molecule has 0 atom stereocenters. The third-order valence-corrected chi connectivity index (χ3v) is 6.62. The molecule has 0 radical (unpaired) electrons. The summed E-state index contributed by atoms with van der Waals surface area (Å²) in [4.78, 5) is 14.5. The highest BCUT2D eigenvalue weighted by Crippen LogP contribution is 2.27. The molecule has 1 aliphatic carbocycles. The van der Waals surface area contributed by atoms with Crippen molar-refractivity contribution in [1.29, 1.82) is 0 Å². The lowest BCUT2D eigenvalue weighted by Gasteiger charge is -2.22. The summed E-state index contributed by atoms with van der Waals surface area (Å²) in [6.07, 6.45) is 14.1. The number of hydrogen-bond acceptors (Lipinski definition) is 6. The van der Waals surface area contributed by atoms with Crippen LogP contribution in [0.15, 0.2) is 53.7 Å². The number of anilines is 2. The van der Waals surface area contributed by atoms with Crippen molar-refractivity contribution < 1.29 is 0 Å². The van der Waals surface area contributed by atoms with Crippen molar-refractivity contribution in [2.45, 2.75) is 50.0 Å². The molecule has 0 unspecified atom stereocenters. The third kappa shape index (κ3) is 6.21. The molecular weight excluding hydrogens is 426 g/mol. The average molecular weight is 452 g/mol. The SMILES string of the molecule is Cc1nc(NSc2ccccc2Cl)ccc1/C=C/c1cnc(NC2CCCCC2)nc1. The first-order valence-corrected chi connectivity index (χ1v) is 11.8. The maximum Gasteiger partial charge on any atom is 0.222 e. The minimum Gasteiger partial charge on any atom is -0.351 e. The van der Waals surface area contributed by atoms with Crippen LogP contribution in [0.3, 0.4) is 0 Å². The topological polar surface area (TPSA) is 62.7 Å². The van der Waals surface area contributed by atoms with Gasteiger partial charge in [0.1, 0.15) is 5.82 Å². The van der Waals surface area contributed by atoms with E-state index in [1.165, 1.54) is 44.1 Å². The Bertz CT molecular complexity index is 1030. The fourth-order valence-electron chi connectivity index (χ4n) is 3.55. The van der Waals surface area contributed by atoms with Crippen LogP contribution in [0.25, 0.3) is 12.2 Å². The van der Waals surface area contributed by atoms with Gasteiger partial charge in [-0.15, -0.1) is 0 Å². The highest BCUT2D eigenvalue weighted by molar-refractivity contribution is 8.00. The zero-order chi connectivity index (χ0) is 21.5. The standard InChI is InChI=1S/C24H26ClN5S/c1-17-19(13-14-23(28-17)30-31-22-10-6-5-9-21(22)25)12-11-18-15-26-24(27-16-18)29-20-7-3-2-4-8-20/h5-6,9-16,20H,2-4,7-8H2,1H3,(H,28,30)(H,26,27,29)/b12-11+. The molecule has 1 fully saturated rings. The van der Waals surface area contributed by atoms with E-state index in [2.05, 4.69) is 25.0 Å². The summed E-state index contributed by atoms with van der Waals surface area (Å²) >= 11 is 7.65. The molecule has 1 saturated carbocycles. The normalized spacial score (nSPS) is 14.6. The summed E-state index contributed by atoms with van der Waals surface area (Å²) in [7, 11) is 0. The fraction of sp³-hybridized carbons (Fsp3) is 0.292. The molecule has 31 heavy (non-hydrogen) atoms. The average Bonchev–Trinajstić information content (AvgIpc) is 2.80. The summed E-state index contributed by atoms with van der Waals surface area (Å²) in [6.45, 7) is 2.00. The summed E-state index contributed by atoms with van der Waals surface area (Å²) < 4.78 is 3.25. The molecule has 4 rings (SSSR count). The van der Waals surface area contributed by atoms with Gasteiger partial charge in [-0.2, -0.15) is 0 Å². The van der Waals surface area contributed by atoms with Crippen LogP contribution in [0.4, 0.5) is 11.8 Å². The quantitative estimate of drug-likeness (QED) is 0.382. The molecule has 5 nitrogen and oxygen atoms in total. The van der Waals surface area contributed by atoms with Crippen LogP contribution in [-0.4, -0.2) is 21.0 Å². The van der Waals surface area contributed by atoms with Gasteiger partial charge in [0, 0.05) is 34.6 Å². The van der Waals surface area contributed by atoms with E-state index in [1.54, 1.807) is 0 Å². The van der Waals surface area contributed by atoms with Crippen LogP contribution < -0.4 is 10.0 Å². The second-order valence-electron chi connectivity index (χ2n) is 7.66. The Labute approximate surface area is 192 Å². The van der Waals surface area contributed by atoms with Crippen LogP contribution in [0.2, 0.25) is 5.02 Å². The van der Waals surface area contributed by atoms with Crippen LogP contribution in [0.1, 0.15) is 48.9 Å². The second kappa shape index (κ2) is 10.6. The number of halogens is 1. The van der Waals surface area contributed by atoms with E-state index in [4.69, 9.17) is 11.6 Å². The van der Waals surface area contributed by atoms with Gasteiger partial charge in [-0.05, 0) is 61.5 Å². The largest absolute Gasteiger partial charge is 0.351 e. The zero-order valence-electron chi connectivity index (χ0n) is 17.5. The Morgan fingerprint density at radius 1 is 1.00 bits per heavy atom. The van der Waals surface area contributed by atoms with Crippen molar-refractivity contribution in [2.24, 2.45) is 0 Å². The third-order valence-electron chi connectivity index (χ3n) is 5.29. The molecule has 2 aromatic heterocycles. The lowest BCUT2D eigenvalue weighted by molar-refractivity contribution is 0.461. The Hall–Kier alpha value is -2.57. The molecule has 0 amide bonds. The van der Waals surface area contributed by atoms with Gasteiger partial charge in [-0.3, -0.25) is 0 Å². The van der Waals surface area contributed by atoms with Gasteiger partial charge in [0.25, 0.3) is 0 Å². The van der Waals surface area contributed by atoms with E-state index < -0.39 is 0 Å². The molecule has 3 aromatic rings. The van der Waals surface area contributed by atoms with Crippen molar-refractivity contribution in [2.75, 3.05) is 10.0 Å². The number of benzene rings is 1. The van der Waals surface area contributed by atoms with Crippen molar-refractivity contribution >= 4 is 47.5 Å². The van der Waals surface area contributed by atoms with Gasteiger partial charge in [0.05, 0.1) is 5.02 Å². The molecule has 2 heterocycles. The van der Waals surface area contributed by atoms with Gasteiger partial charge in [0.2, 0.25) is 5.95 Å². The van der Waals surface area contributed by atoms with Crippen LogP contribution in [0, 0.1) is 6.92 Å². The van der Waals surface area contributed by atoms with E-state index in [0.29, 0.717) is 12.0 Å². The molecule has 0 bridgehead atoms.